The second-order valence-electron chi connectivity index (χ2n) is 20.6. The molecule has 11 nitrogen and oxygen atoms in total. The van der Waals surface area contributed by atoms with E-state index in [2.05, 4.69) is 113 Å². The average molecular weight is 1060 g/mol. The second-order valence-corrected chi connectivity index (χ2v) is 22.3. The zero-order chi connectivity index (χ0) is 53.9. The number of amides is 3. The highest BCUT2D eigenvalue weighted by Gasteiger charge is 2.59. The van der Waals surface area contributed by atoms with Gasteiger partial charge in [0.2, 0.25) is 11.8 Å². The topological polar surface area (TPSA) is 176 Å². The summed E-state index contributed by atoms with van der Waals surface area (Å²) in [6.07, 6.45) is 0.887. The molecule has 6 aliphatic rings. The third kappa shape index (κ3) is 8.50. The zero-order valence-corrected chi connectivity index (χ0v) is 44.6. The molecule has 10 aromatic rings. The van der Waals surface area contributed by atoms with Gasteiger partial charge in [-0.15, -0.1) is 22.7 Å². The van der Waals surface area contributed by atoms with Crippen LogP contribution in [0.5, 0.6) is 0 Å². The standard InChI is InChI=1S/C33H27N3O2S.C19H17NO3.C13H10N2S/c1-19-15-16-25(22-10-4-3-9-21(19)22)29-18-39-32(34-29)35-31(38)33(36-20(2)37)17-28-23-11-5-7-13-26(23)30(33)27-14-8-6-12-24(27)28;1-11(21)20-19(18(22)23)10-16-12-6-2-4-8-14(12)17(19)15-9-5-3-7-13(15)16;14-13-15-12(8-16-13)11-7-3-5-9-4-1-2-6-10(9)11/h3-16,18,28,30H,17H2,1-2H3,(H,36,37)(H,34,35,38);2-9,16-17H,10H2,1H3,(H,20,21)(H,22,23);1-8H,(H2,14,15). The lowest BCUT2D eigenvalue weighted by molar-refractivity contribution is -0.149. The lowest BCUT2D eigenvalue weighted by Gasteiger charge is -2.52. The third-order valence-corrected chi connectivity index (χ3v) is 17.5. The highest BCUT2D eigenvalue weighted by Crippen LogP contribution is 2.59. The minimum atomic E-state index is -1.28. The van der Waals surface area contributed by atoms with Crippen molar-refractivity contribution in [3.8, 4) is 22.5 Å². The number of nitrogen functional groups attached to an aromatic ring is 1. The first kappa shape index (κ1) is 50.1. The molecule has 3 amide bonds. The Morgan fingerprint density at radius 2 is 0.949 bits per heavy atom. The van der Waals surface area contributed by atoms with Crippen LogP contribution in [-0.4, -0.2) is 49.8 Å². The van der Waals surface area contributed by atoms with E-state index in [0.29, 0.717) is 23.1 Å². The number of carbonyl (C=O) groups is 4. The van der Waals surface area contributed by atoms with Crippen molar-refractivity contribution in [3.05, 3.63) is 237 Å². The van der Waals surface area contributed by atoms with Crippen LogP contribution in [0.4, 0.5) is 10.3 Å². The largest absolute Gasteiger partial charge is 0.479 e. The van der Waals surface area contributed by atoms with Crippen LogP contribution in [0.2, 0.25) is 0 Å². The van der Waals surface area contributed by atoms with E-state index >= 15 is 0 Å². The van der Waals surface area contributed by atoms with Crippen LogP contribution < -0.4 is 21.7 Å². The molecule has 6 aliphatic carbocycles. The summed E-state index contributed by atoms with van der Waals surface area (Å²) in [6.45, 7) is 4.97. The Kier molecular flexibility index (Phi) is 12.8. The number of nitrogens with two attached hydrogens (primary N) is 1. The quantitative estimate of drug-likeness (QED) is 0.105. The van der Waals surface area contributed by atoms with Crippen molar-refractivity contribution in [2.45, 2.75) is 68.4 Å². The maximum Gasteiger partial charge on any atom is 0.330 e. The number of anilines is 2. The summed E-state index contributed by atoms with van der Waals surface area (Å²) in [5.74, 6) is -2.37. The molecule has 0 saturated heterocycles. The number of aryl methyl sites for hydroxylation is 1. The normalized spacial score (nSPS) is 20.6. The molecule has 2 aromatic heterocycles. The summed E-state index contributed by atoms with van der Waals surface area (Å²) in [5.41, 5.74) is 17.5. The predicted octanol–water partition coefficient (Wildman–Crippen LogP) is 12.9. The van der Waals surface area contributed by atoms with Crippen molar-refractivity contribution in [2.75, 3.05) is 11.1 Å². The Hall–Kier alpha value is -8.78. The van der Waals surface area contributed by atoms with Crippen LogP contribution in [-0.2, 0) is 19.2 Å². The molecule has 6 N–H and O–H groups in total. The van der Waals surface area contributed by atoms with Gasteiger partial charge in [-0.25, -0.2) is 14.8 Å². The van der Waals surface area contributed by atoms with Gasteiger partial charge in [-0.2, -0.15) is 0 Å². The lowest BCUT2D eigenvalue weighted by atomic mass is 9.55. The van der Waals surface area contributed by atoms with Gasteiger partial charge in [-0.3, -0.25) is 19.7 Å². The first-order valence-electron chi connectivity index (χ1n) is 26.0. The summed E-state index contributed by atoms with van der Waals surface area (Å²) in [5, 5.41) is 28.9. The van der Waals surface area contributed by atoms with Gasteiger partial charge in [-0.05, 0) is 91.4 Å². The molecule has 2 heterocycles. The fourth-order valence-corrected chi connectivity index (χ4v) is 14.3. The van der Waals surface area contributed by atoms with Crippen LogP contribution in [0.15, 0.2) is 187 Å². The number of thiazole rings is 2. The number of benzene rings is 8. The smallest absolute Gasteiger partial charge is 0.330 e. The highest BCUT2D eigenvalue weighted by molar-refractivity contribution is 7.14. The molecule has 0 spiro atoms. The van der Waals surface area contributed by atoms with Gasteiger partial charge < -0.3 is 21.5 Å². The Bertz CT molecular complexity index is 3940. The Morgan fingerprint density at radius 1 is 0.513 bits per heavy atom. The van der Waals surface area contributed by atoms with Crippen LogP contribution in [0.1, 0.15) is 100 Å². The average Bonchev–Trinajstić information content (AvgIpc) is 3.48. The molecule has 4 bridgehead atoms. The fourth-order valence-electron chi connectivity index (χ4n) is 13.0. The number of nitrogens with zero attached hydrogens (tertiary/aromatic N) is 2. The van der Waals surface area contributed by atoms with Crippen molar-refractivity contribution >= 4 is 78.2 Å². The molecular weight excluding hydrogens is 1010 g/mol. The molecule has 16 rings (SSSR count). The third-order valence-electron chi connectivity index (χ3n) is 16.1. The molecule has 2 atom stereocenters. The first-order valence-corrected chi connectivity index (χ1v) is 27.7. The van der Waals surface area contributed by atoms with E-state index < -0.39 is 17.0 Å². The minimum absolute atomic E-state index is 0.00431. The molecule has 8 aromatic carbocycles. The van der Waals surface area contributed by atoms with E-state index in [4.69, 9.17) is 10.7 Å². The van der Waals surface area contributed by atoms with Gasteiger partial charge in [0.05, 0.1) is 11.4 Å². The summed E-state index contributed by atoms with van der Waals surface area (Å²) >= 11 is 2.88. The SMILES string of the molecule is CC(=O)NC1(C(=O)Nc2nc(-c3ccc(C)c4ccccc34)cs2)CC2c3ccccc3C1c1ccccc12.CC(=O)NC1(C(=O)O)CC2c3ccccc3C1c1ccccc12.Nc1nc(-c2cccc3ccccc23)cs1. The van der Waals surface area contributed by atoms with Crippen molar-refractivity contribution < 1.29 is 24.3 Å². The van der Waals surface area contributed by atoms with Crippen LogP contribution in [0, 0.1) is 6.92 Å². The van der Waals surface area contributed by atoms with Gasteiger partial charge in [0.1, 0.15) is 11.1 Å². The second kappa shape index (κ2) is 20.0. The van der Waals surface area contributed by atoms with E-state index in [9.17, 15) is 24.3 Å². The number of carbonyl (C=O) groups excluding carboxylic acids is 3. The monoisotopic (exact) mass is 1060 g/mol. The van der Waals surface area contributed by atoms with E-state index in [-0.39, 0.29) is 41.4 Å². The van der Waals surface area contributed by atoms with Crippen LogP contribution >= 0.6 is 22.7 Å². The Balaban J connectivity index is 0.000000131. The highest BCUT2D eigenvalue weighted by atomic mass is 32.1. The van der Waals surface area contributed by atoms with E-state index in [0.717, 1.165) is 50.2 Å². The number of carboxylic acids is 1. The number of fused-ring (bicyclic) bond motifs is 4. The molecule has 0 radical (unpaired) electrons. The number of aromatic nitrogens is 2. The molecule has 386 valence electrons. The van der Waals surface area contributed by atoms with Crippen molar-refractivity contribution in [1.29, 1.82) is 0 Å². The van der Waals surface area contributed by atoms with E-state index in [1.165, 1.54) is 80.5 Å². The van der Waals surface area contributed by atoms with E-state index in [1.807, 2.05) is 102 Å². The molecule has 0 aliphatic heterocycles. The van der Waals surface area contributed by atoms with Gasteiger partial charge in [0.25, 0.3) is 5.91 Å². The number of aliphatic carboxylic acids is 1. The van der Waals surface area contributed by atoms with Crippen molar-refractivity contribution in [2.24, 2.45) is 0 Å². The molecule has 2 unspecified atom stereocenters. The minimum Gasteiger partial charge on any atom is -0.479 e. The van der Waals surface area contributed by atoms with Crippen molar-refractivity contribution in [3.63, 3.8) is 0 Å². The predicted molar refractivity (Wildman–Crippen MR) is 311 cm³/mol. The molecule has 0 fully saturated rings. The summed E-state index contributed by atoms with van der Waals surface area (Å²) in [4.78, 5) is 60.0. The molecule has 13 heteroatoms. The number of hydrogen-bond acceptors (Lipinski definition) is 9. The van der Waals surface area contributed by atoms with Gasteiger partial charge >= 0.3 is 5.97 Å². The Morgan fingerprint density at radius 3 is 1.49 bits per heavy atom. The van der Waals surface area contributed by atoms with E-state index in [1.54, 1.807) is 0 Å². The van der Waals surface area contributed by atoms with Gasteiger partial charge in [-0.1, -0.05) is 176 Å². The fraction of sp³-hybridized carbons (Fsp3) is 0.169. The van der Waals surface area contributed by atoms with Gasteiger partial charge in [0, 0.05) is 59.4 Å². The first-order chi connectivity index (χ1) is 37.8. The maximum atomic E-state index is 14.3. The van der Waals surface area contributed by atoms with Crippen molar-refractivity contribution in [1.82, 2.24) is 20.6 Å². The summed E-state index contributed by atoms with van der Waals surface area (Å²) < 4.78 is 0. The van der Waals surface area contributed by atoms with Gasteiger partial charge in [0.15, 0.2) is 10.3 Å². The zero-order valence-electron chi connectivity index (χ0n) is 43.0. The summed E-state index contributed by atoms with van der Waals surface area (Å²) in [7, 11) is 0. The van der Waals surface area contributed by atoms with Crippen LogP contribution in [0.3, 0.4) is 0 Å². The Labute approximate surface area is 459 Å². The molecule has 78 heavy (non-hydrogen) atoms. The number of rotatable bonds is 7. The number of nitrogens with one attached hydrogen (secondary N) is 3. The molecular formula is C65H54N6O5S2. The summed E-state index contributed by atoms with van der Waals surface area (Å²) in [6, 6.07) is 59.6. The number of hydrogen-bond donors (Lipinski definition) is 5. The lowest BCUT2D eigenvalue weighted by Crippen LogP contribution is -2.64. The number of carboxylic acid groups (broad SMARTS) is 1. The molecule has 0 saturated carbocycles. The van der Waals surface area contributed by atoms with Crippen LogP contribution in [0.25, 0.3) is 44.1 Å². The maximum absolute atomic E-state index is 14.3.